The Morgan fingerprint density at radius 1 is 0.581 bits per heavy atom. The highest BCUT2D eigenvalue weighted by Gasteiger charge is 2.41. The molecule has 0 aromatic heterocycles. The fourth-order valence-electron chi connectivity index (χ4n) is 4.30. The smallest absolute Gasteiger partial charge is 0.432 e. The molecule has 4 aromatic rings. The Morgan fingerprint density at radius 3 is 1.47 bits per heavy atom. The first-order chi connectivity index (χ1) is 20.1. The minimum Gasteiger partial charge on any atom is -0.493 e. The van der Waals surface area contributed by atoms with E-state index in [1.54, 1.807) is 0 Å². The molecule has 0 aliphatic heterocycles. The lowest BCUT2D eigenvalue weighted by Gasteiger charge is -2.20. The van der Waals surface area contributed by atoms with E-state index in [9.17, 15) is 43.9 Å². The van der Waals surface area contributed by atoms with E-state index in [1.165, 1.54) is 12.1 Å². The Balaban J connectivity index is 1.59. The monoisotopic (exact) mass is 616 g/mol. The van der Waals surface area contributed by atoms with Crippen LogP contribution in [0.2, 0.25) is 0 Å². The number of unbranched alkanes of at least 4 members (excludes halogenated alkanes) is 1. The Hall–Kier alpha value is -4.22. The molecule has 0 saturated carbocycles. The lowest BCUT2D eigenvalue weighted by Crippen LogP contribution is -2.25. The zero-order valence-electron chi connectivity index (χ0n) is 22.5. The summed E-state index contributed by atoms with van der Waals surface area (Å²) in [6.45, 7) is 2.51. The van der Waals surface area contributed by atoms with Gasteiger partial charge in [-0.15, -0.1) is 0 Å². The second-order valence-electron chi connectivity index (χ2n) is 9.62. The number of halogens is 10. The number of hydrogen-bond donors (Lipinski definition) is 0. The molecule has 4 aromatic carbocycles. The fourth-order valence-corrected chi connectivity index (χ4v) is 4.30. The molecule has 0 spiro atoms. The predicted octanol–water partition coefficient (Wildman–Crippen LogP) is 10.3. The molecule has 0 heterocycles. The molecular weight excluding hydrogens is 594 g/mol. The van der Waals surface area contributed by atoms with Crippen LogP contribution in [0.3, 0.4) is 0 Å². The summed E-state index contributed by atoms with van der Waals surface area (Å²) in [4.78, 5) is 0. The molecule has 0 radical (unpaired) electrons. The summed E-state index contributed by atoms with van der Waals surface area (Å²) >= 11 is 0. The second-order valence-corrected chi connectivity index (χ2v) is 9.62. The number of benzene rings is 4. The van der Waals surface area contributed by atoms with Crippen molar-refractivity contribution in [2.75, 3.05) is 6.61 Å². The summed E-state index contributed by atoms with van der Waals surface area (Å²) < 4.78 is 154. The van der Waals surface area contributed by atoms with Crippen LogP contribution < -0.4 is 9.47 Å². The van der Waals surface area contributed by atoms with Gasteiger partial charge in [-0.3, -0.25) is 0 Å². The van der Waals surface area contributed by atoms with Crippen LogP contribution in [-0.2, 0) is 12.0 Å². The van der Waals surface area contributed by atoms with Gasteiger partial charge in [-0.05, 0) is 66.1 Å². The first-order valence-corrected chi connectivity index (χ1v) is 12.8. The number of rotatable bonds is 10. The van der Waals surface area contributed by atoms with Gasteiger partial charge in [0.05, 0.1) is 12.2 Å². The zero-order chi connectivity index (χ0) is 31.7. The second kappa shape index (κ2) is 12.2. The molecule has 0 N–H and O–H groups in total. The average Bonchev–Trinajstić information content (AvgIpc) is 2.87. The molecule has 0 unspecified atom stereocenters. The minimum absolute atomic E-state index is 0.167. The Labute approximate surface area is 239 Å². The van der Waals surface area contributed by atoms with Crippen LogP contribution in [0.25, 0.3) is 22.3 Å². The Morgan fingerprint density at radius 2 is 1.02 bits per heavy atom. The highest BCUT2D eigenvalue weighted by Crippen LogP contribution is 2.40. The minimum atomic E-state index is -4.71. The van der Waals surface area contributed by atoms with Crippen LogP contribution in [0.15, 0.2) is 60.7 Å². The van der Waals surface area contributed by atoms with E-state index in [0.29, 0.717) is 49.4 Å². The predicted molar refractivity (Wildman–Crippen MR) is 138 cm³/mol. The fraction of sp³-hybridized carbons (Fsp3) is 0.226. The molecule has 228 valence electrons. The van der Waals surface area contributed by atoms with Crippen molar-refractivity contribution in [3.05, 3.63) is 107 Å². The molecule has 43 heavy (non-hydrogen) atoms. The zero-order valence-corrected chi connectivity index (χ0v) is 22.5. The van der Waals surface area contributed by atoms with E-state index in [-0.39, 0.29) is 18.2 Å². The first-order valence-electron chi connectivity index (χ1n) is 12.8. The molecule has 0 aliphatic rings. The van der Waals surface area contributed by atoms with E-state index in [2.05, 4.69) is 4.74 Å². The summed E-state index contributed by atoms with van der Waals surface area (Å²) in [7, 11) is 0. The van der Waals surface area contributed by atoms with Crippen LogP contribution in [-0.4, -0.2) is 6.61 Å². The maximum atomic E-state index is 14.9. The van der Waals surface area contributed by atoms with Gasteiger partial charge in [0.1, 0.15) is 52.0 Å². The molecule has 0 amide bonds. The summed E-state index contributed by atoms with van der Waals surface area (Å²) in [5.74, 6) is -13.8. The molecule has 0 fully saturated rings. The van der Waals surface area contributed by atoms with Gasteiger partial charge in [0, 0.05) is 30.2 Å². The first kappa shape index (κ1) is 31.7. The SMILES string of the molecule is CCCCOc1ccc(-c2cc(F)c(C(F)(F)Oc3ccc(-c4cc(F)c(C(C)(F)F)c(F)c4)c(F)c3)c(F)c2)c(F)c1. The maximum absolute atomic E-state index is 14.9. The normalized spacial score (nSPS) is 12.0. The van der Waals surface area contributed by atoms with Gasteiger partial charge in [-0.2, -0.15) is 8.78 Å². The average molecular weight is 616 g/mol. The molecular formula is C31H22F10O2. The third-order valence-electron chi connectivity index (χ3n) is 6.33. The van der Waals surface area contributed by atoms with E-state index < -0.39 is 80.5 Å². The lowest BCUT2D eigenvalue weighted by atomic mass is 10.00. The van der Waals surface area contributed by atoms with Gasteiger partial charge >= 0.3 is 6.11 Å². The third kappa shape index (κ3) is 6.89. The molecule has 12 heteroatoms. The van der Waals surface area contributed by atoms with E-state index in [4.69, 9.17) is 4.74 Å². The van der Waals surface area contributed by atoms with Gasteiger partial charge in [-0.1, -0.05) is 13.3 Å². The van der Waals surface area contributed by atoms with Crippen molar-refractivity contribution in [2.45, 2.75) is 38.7 Å². The quantitative estimate of drug-likeness (QED) is 0.130. The number of alkyl halides is 4. The standard InChI is InChI=1S/C31H22F10O2/c1-3-4-9-42-18-5-7-20(22(32)14-18)17-12-26(36)29(27(37)13-17)31(40,41)43-19-6-8-21(23(33)15-19)16-10-24(34)28(25(35)11-16)30(2,38)39/h5-8,10-15H,3-4,9H2,1-2H3. The number of ether oxygens (including phenoxy) is 2. The van der Waals surface area contributed by atoms with E-state index in [1.807, 2.05) is 6.92 Å². The summed E-state index contributed by atoms with van der Waals surface area (Å²) in [5.41, 5.74) is -5.17. The Kier molecular flexibility index (Phi) is 8.98. The van der Waals surface area contributed by atoms with Crippen molar-refractivity contribution in [3.8, 4) is 33.8 Å². The number of hydrogen-bond acceptors (Lipinski definition) is 2. The van der Waals surface area contributed by atoms with Crippen LogP contribution in [0.5, 0.6) is 11.5 Å². The van der Waals surface area contributed by atoms with Crippen molar-refractivity contribution >= 4 is 0 Å². The van der Waals surface area contributed by atoms with Gasteiger partial charge < -0.3 is 9.47 Å². The van der Waals surface area contributed by atoms with Crippen molar-refractivity contribution < 1.29 is 53.4 Å². The molecule has 0 aliphatic carbocycles. The van der Waals surface area contributed by atoms with Gasteiger partial charge in [0.15, 0.2) is 0 Å². The lowest BCUT2D eigenvalue weighted by molar-refractivity contribution is -0.189. The van der Waals surface area contributed by atoms with Crippen molar-refractivity contribution in [2.24, 2.45) is 0 Å². The highest BCUT2D eigenvalue weighted by molar-refractivity contribution is 5.67. The summed E-state index contributed by atoms with van der Waals surface area (Å²) in [5, 5.41) is 0. The van der Waals surface area contributed by atoms with Crippen molar-refractivity contribution in [1.82, 2.24) is 0 Å². The van der Waals surface area contributed by atoms with Gasteiger partial charge in [0.2, 0.25) is 0 Å². The molecule has 0 atom stereocenters. The van der Waals surface area contributed by atoms with Crippen LogP contribution in [0, 0.1) is 34.9 Å². The third-order valence-corrected chi connectivity index (χ3v) is 6.33. The van der Waals surface area contributed by atoms with Gasteiger partial charge in [-0.25, -0.2) is 35.1 Å². The summed E-state index contributed by atoms with van der Waals surface area (Å²) in [6, 6.07) is 7.15. The topological polar surface area (TPSA) is 18.5 Å². The van der Waals surface area contributed by atoms with Crippen LogP contribution >= 0.6 is 0 Å². The largest absolute Gasteiger partial charge is 0.493 e. The maximum Gasteiger partial charge on any atom is 0.432 e. The van der Waals surface area contributed by atoms with Crippen molar-refractivity contribution in [1.29, 1.82) is 0 Å². The molecule has 0 bridgehead atoms. The molecule has 2 nitrogen and oxygen atoms in total. The molecule has 0 saturated heterocycles. The van der Waals surface area contributed by atoms with E-state index in [0.717, 1.165) is 18.6 Å². The summed E-state index contributed by atoms with van der Waals surface area (Å²) in [6.07, 6.45) is -3.16. The van der Waals surface area contributed by atoms with Gasteiger partial charge in [0.25, 0.3) is 5.92 Å². The molecule has 4 rings (SSSR count). The Bertz CT molecular complexity index is 1600. The highest BCUT2D eigenvalue weighted by atomic mass is 19.3. The van der Waals surface area contributed by atoms with Crippen LogP contribution in [0.4, 0.5) is 43.9 Å². The van der Waals surface area contributed by atoms with E-state index >= 15 is 0 Å². The van der Waals surface area contributed by atoms with Crippen molar-refractivity contribution in [3.63, 3.8) is 0 Å². The van der Waals surface area contributed by atoms with Crippen LogP contribution in [0.1, 0.15) is 37.8 Å².